The number of halogens is 1. The number of amides is 2. The first-order valence-corrected chi connectivity index (χ1v) is 11.4. The lowest BCUT2D eigenvalue weighted by Gasteiger charge is -2.14. The minimum atomic E-state index is -4.01. The molecule has 12 heteroatoms. The predicted molar refractivity (Wildman–Crippen MR) is 113 cm³/mol. The maximum Gasteiger partial charge on any atom is 0.305 e. The Kier molecular flexibility index (Phi) is 6.01. The lowest BCUT2D eigenvalue weighted by atomic mass is 9.93. The number of hydrazone groups is 1. The molecule has 0 saturated carbocycles. The molecule has 2 heterocycles. The summed E-state index contributed by atoms with van der Waals surface area (Å²) < 4.78 is 48.7. The Balaban J connectivity index is 1.52. The number of furan rings is 2. The molecule has 2 amide bonds. The summed E-state index contributed by atoms with van der Waals surface area (Å²) in [5, 5.41) is 4.05. The van der Waals surface area contributed by atoms with Crippen LogP contribution in [0.3, 0.4) is 0 Å². The smallest absolute Gasteiger partial charge is 0.305 e. The Labute approximate surface area is 187 Å². The summed E-state index contributed by atoms with van der Waals surface area (Å²) in [5.41, 5.74) is 5.88. The van der Waals surface area contributed by atoms with Gasteiger partial charge in [-0.15, -0.1) is 0 Å². The Morgan fingerprint density at radius 1 is 1.06 bits per heavy atom. The average Bonchev–Trinajstić information content (AvgIpc) is 3.45. The highest BCUT2D eigenvalue weighted by atomic mass is 32.2. The summed E-state index contributed by atoms with van der Waals surface area (Å²) in [4.78, 5) is 26.5. The molecule has 0 spiro atoms. The Hall–Kier alpha value is -3.93. The van der Waals surface area contributed by atoms with E-state index in [1.54, 1.807) is 6.92 Å². The molecule has 1 aromatic carbocycles. The molecule has 0 unspecified atom stereocenters. The molecule has 0 aliphatic heterocycles. The second-order valence-electron chi connectivity index (χ2n) is 7.20. The van der Waals surface area contributed by atoms with E-state index in [4.69, 9.17) is 8.83 Å². The zero-order valence-electron chi connectivity index (χ0n) is 17.3. The van der Waals surface area contributed by atoms with Crippen LogP contribution in [0.5, 0.6) is 0 Å². The van der Waals surface area contributed by atoms with Gasteiger partial charge in [0.2, 0.25) is 0 Å². The van der Waals surface area contributed by atoms with Crippen molar-refractivity contribution in [1.82, 2.24) is 15.7 Å². The highest BCUT2D eigenvalue weighted by Crippen LogP contribution is 2.30. The van der Waals surface area contributed by atoms with Gasteiger partial charge < -0.3 is 8.83 Å². The minimum absolute atomic E-state index is 0.0219. The quantitative estimate of drug-likeness (QED) is 0.485. The van der Waals surface area contributed by atoms with E-state index in [1.807, 2.05) is 0 Å². The molecule has 1 aliphatic rings. The molecule has 0 saturated heterocycles. The third kappa shape index (κ3) is 4.65. The van der Waals surface area contributed by atoms with Crippen LogP contribution in [0.2, 0.25) is 0 Å². The number of hydrogen-bond acceptors (Lipinski definition) is 7. The number of nitrogens with one attached hydrogen (secondary N) is 3. The van der Waals surface area contributed by atoms with E-state index >= 15 is 0 Å². The van der Waals surface area contributed by atoms with Gasteiger partial charge in [-0.05, 0) is 56.2 Å². The Morgan fingerprint density at radius 2 is 1.79 bits per heavy atom. The zero-order chi connectivity index (χ0) is 23.6. The molecule has 3 aromatic rings. The van der Waals surface area contributed by atoms with Gasteiger partial charge in [0.25, 0.3) is 10.0 Å². The second-order valence-corrected chi connectivity index (χ2v) is 8.86. The fourth-order valence-corrected chi connectivity index (χ4v) is 4.25. The highest BCUT2D eigenvalue weighted by Gasteiger charge is 2.28. The van der Waals surface area contributed by atoms with Crippen LogP contribution >= 0.6 is 0 Å². The number of carbonyl (C=O) groups excluding carboxylic acids is 2. The molecule has 10 nitrogen and oxygen atoms in total. The third-order valence-electron chi connectivity index (χ3n) is 4.99. The monoisotopic (exact) mass is 474 g/mol. The fraction of sp³-hybridized carbons (Fsp3) is 0.190. The molecule has 4 rings (SSSR count). The summed E-state index contributed by atoms with van der Waals surface area (Å²) in [6, 6.07) is 7.31. The summed E-state index contributed by atoms with van der Waals surface area (Å²) >= 11 is 0. The van der Waals surface area contributed by atoms with Gasteiger partial charge in [-0.3, -0.25) is 20.4 Å². The molecule has 0 radical (unpaired) electrons. The number of fused-ring (bicyclic) bond motifs is 1. The molecular formula is C21H19FN4O6S. The maximum atomic E-state index is 13.1. The molecule has 1 aliphatic carbocycles. The summed E-state index contributed by atoms with van der Waals surface area (Å²) in [7, 11) is -4.01. The van der Waals surface area contributed by atoms with Crippen molar-refractivity contribution in [3.05, 3.63) is 76.9 Å². The largest absolute Gasteiger partial charge is 0.459 e. The molecule has 33 heavy (non-hydrogen) atoms. The highest BCUT2D eigenvalue weighted by molar-refractivity contribution is 7.89. The van der Waals surface area contributed by atoms with Crippen LogP contribution < -0.4 is 15.7 Å². The van der Waals surface area contributed by atoms with Crippen molar-refractivity contribution < 1.29 is 31.2 Å². The molecule has 2 aromatic heterocycles. The number of carbonyl (C=O) groups is 2. The molecule has 0 fully saturated rings. The molecule has 3 N–H and O–H groups in total. The molecular weight excluding hydrogens is 455 g/mol. The minimum Gasteiger partial charge on any atom is -0.459 e. The lowest BCUT2D eigenvalue weighted by Crippen LogP contribution is -2.41. The molecule has 0 bridgehead atoms. The van der Waals surface area contributed by atoms with Gasteiger partial charge in [-0.25, -0.2) is 4.39 Å². The van der Waals surface area contributed by atoms with E-state index in [-0.39, 0.29) is 16.4 Å². The van der Waals surface area contributed by atoms with Crippen LogP contribution in [0.1, 0.15) is 50.8 Å². The number of rotatable bonds is 5. The van der Waals surface area contributed by atoms with Crippen molar-refractivity contribution in [2.24, 2.45) is 5.10 Å². The van der Waals surface area contributed by atoms with E-state index in [0.29, 0.717) is 41.9 Å². The molecule has 0 atom stereocenters. The van der Waals surface area contributed by atoms with Gasteiger partial charge in [0.1, 0.15) is 11.6 Å². The first-order chi connectivity index (χ1) is 15.8. The van der Waals surface area contributed by atoms with Crippen LogP contribution in [-0.4, -0.2) is 25.9 Å². The van der Waals surface area contributed by atoms with Crippen LogP contribution in [0.25, 0.3) is 0 Å². The number of sulfonamides is 1. The van der Waals surface area contributed by atoms with Crippen LogP contribution in [0, 0.1) is 12.7 Å². The fourth-order valence-electron chi connectivity index (χ4n) is 3.42. The van der Waals surface area contributed by atoms with E-state index in [1.165, 1.54) is 18.4 Å². The van der Waals surface area contributed by atoms with Gasteiger partial charge in [0.05, 0.1) is 16.9 Å². The van der Waals surface area contributed by atoms with Crippen molar-refractivity contribution >= 4 is 27.5 Å². The van der Waals surface area contributed by atoms with Gasteiger partial charge in [-0.1, -0.05) is 0 Å². The van der Waals surface area contributed by atoms with Gasteiger partial charge >= 0.3 is 11.8 Å². The van der Waals surface area contributed by atoms with Crippen molar-refractivity contribution in [3.8, 4) is 0 Å². The summed E-state index contributed by atoms with van der Waals surface area (Å²) in [6.07, 6.45) is 2.95. The topological polar surface area (TPSA) is 143 Å². The zero-order valence-corrected chi connectivity index (χ0v) is 18.2. The van der Waals surface area contributed by atoms with Crippen molar-refractivity contribution in [2.45, 2.75) is 31.1 Å². The van der Waals surface area contributed by atoms with Crippen molar-refractivity contribution in [1.29, 1.82) is 0 Å². The van der Waals surface area contributed by atoms with E-state index in [0.717, 1.165) is 24.3 Å². The summed E-state index contributed by atoms with van der Waals surface area (Å²) in [5.74, 6) is -1.41. The third-order valence-corrected chi connectivity index (χ3v) is 6.22. The number of aryl methyl sites for hydroxylation is 1. The Morgan fingerprint density at radius 3 is 2.48 bits per heavy atom. The van der Waals surface area contributed by atoms with Crippen LogP contribution in [-0.2, 0) is 16.4 Å². The number of hydrazine groups is 1. The first-order valence-electron chi connectivity index (χ1n) is 9.87. The van der Waals surface area contributed by atoms with E-state index in [9.17, 15) is 22.4 Å². The lowest BCUT2D eigenvalue weighted by molar-refractivity contribution is 0.0815. The van der Waals surface area contributed by atoms with Crippen molar-refractivity contribution in [2.75, 3.05) is 0 Å². The number of hydrogen-bond donors (Lipinski definition) is 3. The van der Waals surface area contributed by atoms with Gasteiger partial charge in [0, 0.05) is 17.5 Å². The van der Waals surface area contributed by atoms with Gasteiger partial charge in [0.15, 0.2) is 11.5 Å². The summed E-state index contributed by atoms with van der Waals surface area (Å²) in [6.45, 7) is 1.64. The standard InChI is InChI=1S/C21H19FN4O6S/c1-12-18-15(23-26-33(29,30)14-9-7-13(22)8-10-14)4-2-5-16(18)32-19(12)21(28)25-24-20(27)17-6-3-11-31-17/h3,6-11,26H,2,4-5H2,1H3,(H,24,27)(H,25,28)/b23-15+. The Bertz CT molecular complexity index is 1330. The first kappa shape index (κ1) is 22.3. The SMILES string of the molecule is Cc1c(C(=O)NNC(=O)c2ccco2)oc2c1/C(=N/NS(=O)(=O)c1ccc(F)cc1)CCC2. The second kappa shape index (κ2) is 8.90. The van der Waals surface area contributed by atoms with Crippen LogP contribution in [0.4, 0.5) is 4.39 Å². The van der Waals surface area contributed by atoms with E-state index in [2.05, 4.69) is 20.8 Å². The number of benzene rings is 1. The normalized spacial score (nSPS) is 14.5. The van der Waals surface area contributed by atoms with Crippen LogP contribution in [0.15, 0.2) is 61.5 Å². The van der Waals surface area contributed by atoms with Crippen molar-refractivity contribution in [3.63, 3.8) is 0 Å². The number of nitrogens with zero attached hydrogens (tertiary/aromatic N) is 1. The predicted octanol–water partition coefficient (Wildman–Crippen LogP) is 2.41. The molecule has 172 valence electrons. The average molecular weight is 474 g/mol. The van der Waals surface area contributed by atoms with Gasteiger partial charge in [-0.2, -0.15) is 18.4 Å². The maximum absolute atomic E-state index is 13.1. The van der Waals surface area contributed by atoms with E-state index < -0.39 is 27.7 Å².